The van der Waals surface area contributed by atoms with Gasteiger partial charge in [-0.1, -0.05) is 18.9 Å². The van der Waals surface area contributed by atoms with Crippen LogP contribution in [0.3, 0.4) is 0 Å². The maximum atomic E-state index is 11.6. The Hall–Kier alpha value is -1.62. The highest BCUT2D eigenvalue weighted by molar-refractivity contribution is 5.71. The lowest BCUT2D eigenvalue weighted by molar-refractivity contribution is -0.144. The van der Waals surface area contributed by atoms with Gasteiger partial charge in [-0.2, -0.15) is 5.10 Å². The zero-order valence-electron chi connectivity index (χ0n) is 12.8. The van der Waals surface area contributed by atoms with Gasteiger partial charge in [-0.05, 0) is 25.8 Å². The minimum Gasteiger partial charge on any atom is -0.465 e. The van der Waals surface area contributed by atoms with Gasteiger partial charge in [0.1, 0.15) is 0 Å². The molecule has 1 aromatic heterocycles. The fourth-order valence-corrected chi connectivity index (χ4v) is 2.82. The molecule has 21 heavy (non-hydrogen) atoms. The zero-order valence-corrected chi connectivity index (χ0v) is 12.8. The predicted molar refractivity (Wildman–Crippen MR) is 81.8 cm³/mol. The molecule has 1 aromatic rings. The van der Waals surface area contributed by atoms with E-state index in [-0.39, 0.29) is 12.5 Å². The highest BCUT2D eigenvalue weighted by Crippen LogP contribution is 2.28. The summed E-state index contributed by atoms with van der Waals surface area (Å²) in [5.41, 5.74) is 0.994. The van der Waals surface area contributed by atoms with E-state index in [1.807, 2.05) is 17.9 Å². The summed E-state index contributed by atoms with van der Waals surface area (Å²) in [4.78, 5) is 13.6. The van der Waals surface area contributed by atoms with Crippen LogP contribution in [0.2, 0.25) is 0 Å². The van der Waals surface area contributed by atoms with Crippen LogP contribution in [0.4, 0.5) is 0 Å². The normalized spacial score (nSPS) is 15.5. The van der Waals surface area contributed by atoms with Crippen molar-refractivity contribution in [3.8, 4) is 0 Å². The van der Waals surface area contributed by atoms with Crippen LogP contribution in [-0.4, -0.2) is 40.3 Å². The number of esters is 1. The van der Waals surface area contributed by atoms with E-state index in [1.54, 1.807) is 6.08 Å². The fourth-order valence-electron chi connectivity index (χ4n) is 2.82. The molecule has 1 aliphatic rings. The zero-order chi connectivity index (χ0) is 15.1. The third-order valence-corrected chi connectivity index (χ3v) is 3.79. The average molecular weight is 291 g/mol. The standard InChI is InChI=1S/C16H25N3O2/c1-3-10-18(13-16(20)21-4-2)12-14-9-11-19(17-14)15-7-5-6-8-15/h3,9,11,15H,1,4-8,10,12-13H2,2H3. The van der Waals surface area contributed by atoms with E-state index in [1.165, 1.54) is 25.7 Å². The molecule has 1 aliphatic carbocycles. The monoisotopic (exact) mass is 291 g/mol. The summed E-state index contributed by atoms with van der Waals surface area (Å²) in [7, 11) is 0. The first-order chi connectivity index (χ1) is 10.2. The van der Waals surface area contributed by atoms with E-state index in [0.717, 1.165) is 5.69 Å². The second-order valence-corrected chi connectivity index (χ2v) is 5.49. The maximum absolute atomic E-state index is 11.6. The number of carbonyl (C=O) groups is 1. The van der Waals surface area contributed by atoms with Gasteiger partial charge in [0.15, 0.2) is 0 Å². The molecule has 0 unspecified atom stereocenters. The Morgan fingerprint density at radius 1 is 1.57 bits per heavy atom. The number of nitrogens with zero attached hydrogens (tertiary/aromatic N) is 3. The summed E-state index contributed by atoms with van der Waals surface area (Å²) in [5, 5.41) is 4.66. The molecule has 0 amide bonds. The van der Waals surface area contributed by atoms with E-state index in [9.17, 15) is 4.79 Å². The third-order valence-electron chi connectivity index (χ3n) is 3.79. The SMILES string of the molecule is C=CCN(CC(=O)OCC)Cc1ccn(C2CCCC2)n1. The first-order valence-electron chi connectivity index (χ1n) is 7.75. The van der Waals surface area contributed by atoms with E-state index in [0.29, 0.717) is 25.7 Å². The van der Waals surface area contributed by atoms with Crippen molar-refractivity contribution in [3.63, 3.8) is 0 Å². The third kappa shape index (κ3) is 4.70. The van der Waals surface area contributed by atoms with Crippen LogP contribution in [-0.2, 0) is 16.1 Å². The molecule has 5 heteroatoms. The molecule has 0 atom stereocenters. The van der Waals surface area contributed by atoms with Crippen LogP contribution in [0.1, 0.15) is 44.3 Å². The summed E-state index contributed by atoms with van der Waals surface area (Å²) in [6.45, 7) is 7.54. The second-order valence-electron chi connectivity index (χ2n) is 5.49. The maximum Gasteiger partial charge on any atom is 0.320 e. The van der Waals surface area contributed by atoms with E-state index in [2.05, 4.69) is 22.6 Å². The van der Waals surface area contributed by atoms with Crippen molar-refractivity contribution in [1.29, 1.82) is 0 Å². The molecule has 2 rings (SSSR count). The van der Waals surface area contributed by atoms with Gasteiger partial charge in [0, 0.05) is 19.3 Å². The lowest BCUT2D eigenvalue weighted by Crippen LogP contribution is -2.31. The predicted octanol–water partition coefficient (Wildman–Crippen LogP) is 2.55. The highest BCUT2D eigenvalue weighted by Gasteiger charge is 2.18. The van der Waals surface area contributed by atoms with Gasteiger partial charge in [0.25, 0.3) is 0 Å². The van der Waals surface area contributed by atoms with Crippen LogP contribution in [0.25, 0.3) is 0 Å². The molecule has 1 heterocycles. The van der Waals surface area contributed by atoms with Crippen LogP contribution >= 0.6 is 0 Å². The first-order valence-corrected chi connectivity index (χ1v) is 7.75. The van der Waals surface area contributed by atoms with Crippen molar-refractivity contribution in [2.75, 3.05) is 19.7 Å². The largest absolute Gasteiger partial charge is 0.465 e. The Morgan fingerprint density at radius 2 is 2.33 bits per heavy atom. The summed E-state index contributed by atoms with van der Waals surface area (Å²) in [5.74, 6) is -0.199. The minimum atomic E-state index is -0.199. The molecule has 5 nitrogen and oxygen atoms in total. The summed E-state index contributed by atoms with van der Waals surface area (Å²) >= 11 is 0. The van der Waals surface area contributed by atoms with E-state index >= 15 is 0 Å². The molecule has 0 bridgehead atoms. The molecule has 0 aromatic carbocycles. The van der Waals surface area contributed by atoms with Gasteiger partial charge in [-0.15, -0.1) is 6.58 Å². The first kappa shape index (κ1) is 15.8. The highest BCUT2D eigenvalue weighted by atomic mass is 16.5. The van der Waals surface area contributed by atoms with Gasteiger partial charge < -0.3 is 4.74 Å². The summed E-state index contributed by atoms with van der Waals surface area (Å²) in [6.07, 6.45) is 8.90. The number of hydrogen-bond acceptors (Lipinski definition) is 4. The van der Waals surface area contributed by atoms with E-state index in [4.69, 9.17) is 4.74 Å². The molecule has 0 aliphatic heterocycles. The van der Waals surface area contributed by atoms with Crippen molar-refractivity contribution < 1.29 is 9.53 Å². The molecule has 0 radical (unpaired) electrons. The smallest absolute Gasteiger partial charge is 0.320 e. The van der Waals surface area contributed by atoms with Crippen LogP contribution in [0, 0.1) is 0 Å². The number of carbonyl (C=O) groups excluding carboxylic acids is 1. The van der Waals surface area contributed by atoms with Crippen molar-refractivity contribution >= 4 is 5.97 Å². The van der Waals surface area contributed by atoms with Crippen molar-refractivity contribution in [2.45, 2.75) is 45.2 Å². The Morgan fingerprint density at radius 3 is 3.00 bits per heavy atom. The van der Waals surface area contributed by atoms with Crippen LogP contribution in [0.15, 0.2) is 24.9 Å². The van der Waals surface area contributed by atoms with Crippen LogP contribution < -0.4 is 0 Å². The molecular weight excluding hydrogens is 266 g/mol. The Labute approximate surface area is 126 Å². The number of ether oxygens (including phenoxy) is 1. The number of hydrogen-bond donors (Lipinski definition) is 0. The second kappa shape index (κ2) is 7.98. The molecule has 1 saturated carbocycles. The quantitative estimate of drug-likeness (QED) is 0.545. The van der Waals surface area contributed by atoms with E-state index < -0.39 is 0 Å². The Kier molecular flexibility index (Phi) is 5.99. The molecule has 0 N–H and O–H groups in total. The number of rotatable bonds is 8. The Bertz CT molecular complexity index is 464. The lowest BCUT2D eigenvalue weighted by atomic mass is 10.3. The molecule has 116 valence electrons. The van der Waals surface area contributed by atoms with Crippen molar-refractivity contribution in [3.05, 3.63) is 30.6 Å². The van der Waals surface area contributed by atoms with Gasteiger partial charge in [-0.25, -0.2) is 0 Å². The lowest BCUT2D eigenvalue weighted by Gasteiger charge is -2.18. The van der Waals surface area contributed by atoms with Crippen LogP contribution in [0.5, 0.6) is 0 Å². The average Bonchev–Trinajstić information content (AvgIpc) is 3.09. The topological polar surface area (TPSA) is 47.4 Å². The molecule has 0 spiro atoms. The van der Waals surface area contributed by atoms with Gasteiger partial charge in [0.2, 0.25) is 0 Å². The Balaban J connectivity index is 1.92. The summed E-state index contributed by atoms with van der Waals surface area (Å²) < 4.78 is 7.08. The van der Waals surface area contributed by atoms with Crippen molar-refractivity contribution in [1.82, 2.24) is 14.7 Å². The van der Waals surface area contributed by atoms with Crippen molar-refractivity contribution in [2.24, 2.45) is 0 Å². The minimum absolute atomic E-state index is 0.199. The van der Waals surface area contributed by atoms with Gasteiger partial charge in [0.05, 0.1) is 24.9 Å². The van der Waals surface area contributed by atoms with Gasteiger partial charge in [-0.3, -0.25) is 14.4 Å². The van der Waals surface area contributed by atoms with Gasteiger partial charge >= 0.3 is 5.97 Å². The molecular formula is C16H25N3O2. The summed E-state index contributed by atoms with van der Waals surface area (Å²) in [6, 6.07) is 2.59. The fraction of sp³-hybridized carbons (Fsp3) is 0.625. The molecule has 0 saturated heterocycles. The molecule has 1 fully saturated rings. The number of aromatic nitrogens is 2.